The molecule has 84 valence electrons. The van der Waals surface area contributed by atoms with Crippen molar-refractivity contribution in [3.05, 3.63) is 0 Å². The molecule has 1 aliphatic rings. The van der Waals surface area contributed by atoms with Gasteiger partial charge in [0.05, 0.1) is 12.2 Å². The van der Waals surface area contributed by atoms with Gasteiger partial charge in [0.25, 0.3) is 0 Å². The maximum absolute atomic E-state index is 5.97. The molecule has 3 atom stereocenters. The Hall–Kier alpha value is -0.0800. The van der Waals surface area contributed by atoms with E-state index in [1.165, 1.54) is 25.8 Å². The molecule has 0 aromatic carbocycles. The average molecular weight is 199 g/mol. The summed E-state index contributed by atoms with van der Waals surface area (Å²) in [6.07, 6.45) is 5.91. The molecule has 1 heterocycles. The molecule has 1 aliphatic heterocycles. The molecule has 0 aromatic heterocycles. The Morgan fingerprint density at radius 1 is 1.36 bits per heavy atom. The first-order valence-electron chi connectivity index (χ1n) is 6.00. The number of ether oxygens (including phenoxy) is 1. The highest BCUT2D eigenvalue weighted by molar-refractivity contribution is 4.79. The van der Waals surface area contributed by atoms with Gasteiger partial charge in [-0.3, -0.25) is 0 Å². The minimum atomic E-state index is 0.384. The zero-order valence-electron chi connectivity index (χ0n) is 10.1. The van der Waals surface area contributed by atoms with Crippen molar-refractivity contribution in [3.63, 3.8) is 0 Å². The van der Waals surface area contributed by atoms with Gasteiger partial charge >= 0.3 is 0 Å². The third kappa shape index (κ3) is 3.25. The first kappa shape index (κ1) is 12.0. The lowest BCUT2D eigenvalue weighted by atomic mass is 9.99. The molecule has 0 aromatic rings. The molecule has 0 bridgehead atoms. The molecule has 1 fully saturated rings. The lowest BCUT2D eigenvalue weighted by Crippen LogP contribution is -2.45. The Kier molecular flexibility index (Phi) is 4.90. The second-order valence-corrected chi connectivity index (χ2v) is 4.60. The van der Waals surface area contributed by atoms with Crippen molar-refractivity contribution in [2.75, 3.05) is 13.6 Å². The van der Waals surface area contributed by atoms with Gasteiger partial charge in [-0.1, -0.05) is 13.3 Å². The summed E-state index contributed by atoms with van der Waals surface area (Å²) in [4.78, 5) is 2.45. The highest BCUT2D eigenvalue weighted by atomic mass is 16.5. The lowest BCUT2D eigenvalue weighted by molar-refractivity contribution is -0.0473. The first-order chi connectivity index (χ1) is 6.65. The van der Waals surface area contributed by atoms with E-state index in [1.54, 1.807) is 0 Å². The van der Waals surface area contributed by atoms with Crippen molar-refractivity contribution in [1.29, 1.82) is 0 Å². The maximum Gasteiger partial charge on any atom is 0.0705 e. The lowest BCUT2D eigenvalue weighted by Gasteiger charge is -2.37. The second-order valence-electron chi connectivity index (χ2n) is 4.60. The van der Waals surface area contributed by atoms with E-state index < -0.39 is 0 Å². The van der Waals surface area contributed by atoms with Crippen LogP contribution in [-0.2, 0) is 4.74 Å². The Morgan fingerprint density at radius 2 is 2.07 bits per heavy atom. The van der Waals surface area contributed by atoms with Gasteiger partial charge in [-0.2, -0.15) is 0 Å². The molecular weight excluding hydrogens is 174 g/mol. The monoisotopic (exact) mass is 199 g/mol. The highest BCUT2D eigenvalue weighted by Crippen LogP contribution is 2.20. The van der Waals surface area contributed by atoms with Crippen LogP contribution < -0.4 is 0 Å². The third-order valence-electron chi connectivity index (χ3n) is 3.39. The zero-order valence-corrected chi connectivity index (χ0v) is 10.1. The van der Waals surface area contributed by atoms with Crippen molar-refractivity contribution in [1.82, 2.24) is 4.90 Å². The average Bonchev–Trinajstić information content (AvgIpc) is 2.18. The minimum absolute atomic E-state index is 0.384. The van der Waals surface area contributed by atoms with Crippen molar-refractivity contribution in [2.45, 2.75) is 64.7 Å². The largest absolute Gasteiger partial charge is 0.374 e. The fraction of sp³-hybridized carbons (Fsp3) is 1.00. The third-order valence-corrected chi connectivity index (χ3v) is 3.39. The summed E-state index contributed by atoms with van der Waals surface area (Å²) in [5, 5.41) is 0. The van der Waals surface area contributed by atoms with Gasteiger partial charge in [-0.15, -0.1) is 0 Å². The summed E-state index contributed by atoms with van der Waals surface area (Å²) in [5.74, 6) is 0. The summed E-state index contributed by atoms with van der Waals surface area (Å²) in [6.45, 7) is 7.80. The molecule has 2 heteroatoms. The van der Waals surface area contributed by atoms with E-state index in [4.69, 9.17) is 4.74 Å². The molecule has 0 saturated carbocycles. The Morgan fingerprint density at radius 3 is 2.64 bits per heavy atom. The summed E-state index contributed by atoms with van der Waals surface area (Å²) in [7, 11) is 2.22. The van der Waals surface area contributed by atoms with Crippen LogP contribution >= 0.6 is 0 Å². The van der Waals surface area contributed by atoms with Gasteiger partial charge in [0.1, 0.15) is 0 Å². The molecule has 14 heavy (non-hydrogen) atoms. The van der Waals surface area contributed by atoms with Crippen molar-refractivity contribution < 1.29 is 4.74 Å². The van der Waals surface area contributed by atoms with E-state index in [1.807, 2.05) is 0 Å². The molecule has 0 amide bonds. The van der Waals surface area contributed by atoms with Crippen LogP contribution in [0.15, 0.2) is 0 Å². The fourth-order valence-electron chi connectivity index (χ4n) is 2.25. The van der Waals surface area contributed by atoms with Gasteiger partial charge in [0, 0.05) is 6.04 Å². The smallest absolute Gasteiger partial charge is 0.0705 e. The number of piperidine rings is 1. The maximum atomic E-state index is 5.97. The summed E-state index contributed by atoms with van der Waals surface area (Å²) >= 11 is 0. The molecular formula is C12H25NO. The number of hydrogen-bond acceptors (Lipinski definition) is 2. The summed E-state index contributed by atoms with van der Waals surface area (Å²) in [6, 6.07) is 0.637. The van der Waals surface area contributed by atoms with E-state index in [2.05, 4.69) is 32.7 Å². The Bertz CT molecular complexity index is 160. The molecule has 0 N–H and O–H groups in total. The molecule has 1 unspecified atom stereocenters. The van der Waals surface area contributed by atoms with E-state index in [9.17, 15) is 0 Å². The number of likely N-dealkylation sites (N-methyl/N-ethyl adjacent to an activating group) is 1. The van der Waals surface area contributed by atoms with E-state index in [0.29, 0.717) is 18.2 Å². The molecule has 0 aliphatic carbocycles. The fourth-order valence-corrected chi connectivity index (χ4v) is 2.25. The quantitative estimate of drug-likeness (QED) is 0.690. The normalized spacial score (nSPS) is 28.7. The summed E-state index contributed by atoms with van der Waals surface area (Å²) < 4.78 is 5.97. The number of likely N-dealkylation sites (tertiary alicyclic amines) is 1. The van der Waals surface area contributed by atoms with Crippen molar-refractivity contribution in [2.24, 2.45) is 0 Å². The van der Waals surface area contributed by atoms with Crippen LogP contribution in [0.1, 0.15) is 46.5 Å². The Labute approximate surface area is 88.6 Å². The summed E-state index contributed by atoms with van der Waals surface area (Å²) in [5.41, 5.74) is 0. The van der Waals surface area contributed by atoms with Gasteiger partial charge in [-0.25, -0.2) is 0 Å². The Balaban J connectivity index is 2.37. The van der Waals surface area contributed by atoms with E-state index >= 15 is 0 Å². The SMILES string of the molecule is CCC(C)O[C@@H](C)[C@@H]1CCCCN1C. The van der Waals surface area contributed by atoms with Gasteiger partial charge < -0.3 is 9.64 Å². The van der Waals surface area contributed by atoms with Crippen LogP contribution in [-0.4, -0.2) is 36.7 Å². The molecule has 0 radical (unpaired) electrons. The standard InChI is InChI=1S/C12H25NO/c1-5-10(2)14-11(3)12-8-6-7-9-13(12)4/h10-12H,5-9H2,1-4H3/t10?,11-,12-/m0/s1. The second kappa shape index (κ2) is 5.72. The van der Waals surface area contributed by atoms with Crippen LogP contribution in [0.4, 0.5) is 0 Å². The number of hydrogen-bond donors (Lipinski definition) is 0. The highest BCUT2D eigenvalue weighted by Gasteiger charge is 2.25. The first-order valence-corrected chi connectivity index (χ1v) is 6.00. The molecule has 2 nitrogen and oxygen atoms in total. The van der Waals surface area contributed by atoms with Crippen molar-refractivity contribution >= 4 is 0 Å². The van der Waals surface area contributed by atoms with Crippen LogP contribution in [0, 0.1) is 0 Å². The van der Waals surface area contributed by atoms with Crippen LogP contribution in [0.25, 0.3) is 0 Å². The minimum Gasteiger partial charge on any atom is -0.374 e. The van der Waals surface area contributed by atoms with Gasteiger partial charge in [-0.05, 0) is 46.7 Å². The molecule has 1 rings (SSSR count). The van der Waals surface area contributed by atoms with Gasteiger partial charge in [0.15, 0.2) is 0 Å². The number of nitrogens with zero attached hydrogens (tertiary/aromatic N) is 1. The predicted molar refractivity (Wildman–Crippen MR) is 60.6 cm³/mol. The number of rotatable bonds is 4. The topological polar surface area (TPSA) is 12.5 Å². The van der Waals surface area contributed by atoms with Gasteiger partial charge in [0.2, 0.25) is 0 Å². The van der Waals surface area contributed by atoms with E-state index in [0.717, 1.165) is 6.42 Å². The van der Waals surface area contributed by atoms with Crippen molar-refractivity contribution in [3.8, 4) is 0 Å². The molecule has 0 spiro atoms. The van der Waals surface area contributed by atoms with E-state index in [-0.39, 0.29) is 0 Å². The molecule has 1 saturated heterocycles. The predicted octanol–water partition coefficient (Wildman–Crippen LogP) is 2.67. The van der Waals surface area contributed by atoms with Crippen LogP contribution in [0.3, 0.4) is 0 Å². The van der Waals surface area contributed by atoms with Crippen LogP contribution in [0.2, 0.25) is 0 Å². The van der Waals surface area contributed by atoms with Crippen LogP contribution in [0.5, 0.6) is 0 Å². The zero-order chi connectivity index (χ0) is 10.6.